The average Bonchev–Trinajstić information content (AvgIpc) is 3.14. The number of benzene rings is 6. The van der Waals surface area contributed by atoms with Crippen LogP contribution in [0.25, 0.3) is 35.5 Å². The normalized spacial score (nSPS) is 11.6. The van der Waals surface area contributed by atoms with Crippen LogP contribution in [0.3, 0.4) is 0 Å². The molecular formula is C44H30N2. The van der Waals surface area contributed by atoms with E-state index < -0.39 is 0 Å². The van der Waals surface area contributed by atoms with Crippen LogP contribution in [0.2, 0.25) is 0 Å². The zero-order valence-corrected chi connectivity index (χ0v) is 25.2. The van der Waals surface area contributed by atoms with Crippen LogP contribution in [-0.4, -0.2) is 0 Å². The molecule has 0 bridgehead atoms. The molecule has 6 aromatic carbocycles. The maximum absolute atomic E-state index is 9.08. The molecule has 2 heteroatoms. The minimum Gasteiger partial charge on any atom is -0.192 e. The lowest BCUT2D eigenvalue weighted by Crippen LogP contribution is -1.97. The minimum atomic E-state index is 0.658. The summed E-state index contributed by atoms with van der Waals surface area (Å²) >= 11 is 0. The van der Waals surface area contributed by atoms with E-state index >= 15 is 0 Å². The van der Waals surface area contributed by atoms with Crippen molar-refractivity contribution in [1.82, 2.24) is 0 Å². The molecule has 0 aliphatic heterocycles. The van der Waals surface area contributed by atoms with Gasteiger partial charge in [-0.2, -0.15) is 10.5 Å². The first-order chi connectivity index (χ1) is 22.7. The fraction of sp³-hybridized carbons (Fsp3) is 0. The Morgan fingerprint density at radius 1 is 0.326 bits per heavy atom. The number of hydrogen-bond acceptors (Lipinski definition) is 2. The van der Waals surface area contributed by atoms with E-state index in [0.29, 0.717) is 11.1 Å². The molecule has 216 valence electrons. The van der Waals surface area contributed by atoms with Crippen molar-refractivity contribution < 1.29 is 0 Å². The molecule has 0 aliphatic carbocycles. The lowest BCUT2D eigenvalue weighted by molar-refractivity contribution is 1.48. The molecular weight excluding hydrogens is 556 g/mol. The van der Waals surface area contributed by atoms with Crippen LogP contribution in [-0.2, 0) is 0 Å². The quantitative estimate of drug-likeness (QED) is 0.167. The van der Waals surface area contributed by atoms with Gasteiger partial charge in [0.05, 0.1) is 23.3 Å². The van der Waals surface area contributed by atoms with Gasteiger partial charge in [-0.15, -0.1) is 0 Å². The molecule has 0 saturated carbocycles. The SMILES string of the molecule is N#Cc1ccc(/C=C/c2ccc(/C(=C(\c3ccccc3)c3ccc(/C=C/c4ccc(C#N)cc4)cc3)c3ccccc3)cc2)cc1. The number of hydrogen-bond donors (Lipinski definition) is 0. The minimum absolute atomic E-state index is 0.658. The third-order valence-corrected chi connectivity index (χ3v) is 7.79. The molecule has 0 amide bonds. The van der Waals surface area contributed by atoms with Crippen molar-refractivity contribution in [2.45, 2.75) is 0 Å². The van der Waals surface area contributed by atoms with E-state index in [4.69, 9.17) is 10.5 Å². The second-order valence-corrected chi connectivity index (χ2v) is 10.9. The lowest BCUT2D eigenvalue weighted by Gasteiger charge is -2.18. The van der Waals surface area contributed by atoms with Crippen molar-refractivity contribution in [2.24, 2.45) is 0 Å². The molecule has 2 nitrogen and oxygen atoms in total. The topological polar surface area (TPSA) is 47.6 Å². The van der Waals surface area contributed by atoms with Gasteiger partial charge in [0.15, 0.2) is 0 Å². The summed E-state index contributed by atoms with van der Waals surface area (Å²) in [5.74, 6) is 0. The molecule has 0 N–H and O–H groups in total. The van der Waals surface area contributed by atoms with Gasteiger partial charge in [0.25, 0.3) is 0 Å². The first kappa shape index (κ1) is 29.6. The van der Waals surface area contributed by atoms with Crippen LogP contribution < -0.4 is 0 Å². The summed E-state index contributed by atoms with van der Waals surface area (Å²) in [4.78, 5) is 0. The van der Waals surface area contributed by atoms with Gasteiger partial charge in [-0.05, 0) is 79.9 Å². The van der Waals surface area contributed by atoms with Crippen LogP contribution in [0.4, 0.5) is 0 Å². The molecule has 0 atom stereocenters. The van der Waals surface area contributed by atoms with Crippen molar-refractivity contribution >= 4 is 35.5 Å². The van der Waals surface area contributed by atoms with Crippen LogP contribution in [0.5, 0.6) is 0 Å². The number of rotatable bonds is 8. The lowest BCUT2D eigenvalue weighted by atomic mass is 9.85. The summed E-state index contributed by atoms with van der Waals surface area (Å²) in [7, 11) is 0. The highest BCUT2D eigenvalue weighted by Crippen LogP contribution is 2.37. The van der Waals surface area contributed by atoms with Crippen LogP contribution >= 0.6 is 0 Å². The third kappa shape index (κ3) is 7.17. The van der Waals surface area contributed by atoms with Gasteiger partial charge >= 0.3 is 0 Å². The van der Waals surface area contributed by atoms with E-state index in [-0.39, 0.29) is 0 Å². The Morgan fingerprint density at radius 2 is 0.587 bits per heavy atom. The highest BCUT2D eigenvalue weighted by atomic mass is 14.2. The summed E-state index contributed by atoms with van der Waals surface area (Å²) in [6.45, 7) is 0. The molecule has 46 heavy (non-hydrogen) atoms. The van der Waals surface area contributed by atoms with Gasteiger partial charge in [0, 0.05) is 0 Å². The molecule has 0 aliphatic rings. The van der Waals surface area contributed by atoms with Gasteiger partial charge < -0.3 is 0 Å². The van der Waals surface area contributed by atoms with E-state index in [9.17, 15) is 0 Å². The second kappa shape index (κ2) is 14.3. The Balaban J connectivity index is 1.39. The van der Waals surface area contributed by atoms with Gasteiger partial charge in [-0.1, -0.05) is 158 Å². The summed E-state index contributed by atoms with van der Waals surface area (Å²) in [5.41, 5.74) is 12.5. The van der Waals surface area contributed by atoms with Crippen molar-refractivity contribution in [3.05, 3.63) is 213 Å². The Morgan fingerprint density at radius 3 is 0.870 bits per heavy atom. The largest absolute Gasteiger partial charge is 0.192 e. The first-order valence-corrected chi connectivity index (χ1v) is 15.1. The standard InChI is InChI=1S/C44H30N2/c45-31-37-19-15-33(16-20-37)11-13-35-23-27-41(28-24-35)43(39-7-3-1-4-8-39)44(40-9-5-2-6-10-40)42-29-25-36(26-30-42)14-12-34-17-21-38(32-46)22-18-34/h1-30H/b13-11+,14-12+,44-43+. The maximum atomic E-state index is 9.08. The van der Waals surface area contributed by atoms with Crippen molar-refractivity contribution in [2.75, 3.05) is 0 Å². The molecule has 0 fully saturated rings. The Hall–Kier alpha value is -6.48. The highest BCUT2D eigenvalue weighted by Gasteiger charge is 2.16. The summed E-state index contributed by atoms with van der Waals surface area (Å²) < 4.78 is 0. The van der Waals surface area contributed by atoms with Crippen LogP contribution in [0, 0.1) is 22.7 Å². The van der Waals surface area contributed by atoms with Gasteiger partial charge in [0.2, 0.25) is 0 Å². The van der Waals surface area contributed by atoms with E-state index in [1.807, 2.05) is 48.5 Å². The van der Waals surface area contributed by atoms with E-state index in [0.717, 1.165) is 55.7 Å². The molecule has 0 heterocycles. The molecule has 0 aromatic heterocycles. The van der Waals surface area contributed by atoms with Crippen molar-refractivity contribution in [3.63, 3.8) is 0 Å². The number of nitriles is 2. The predicted molar refractivity (Wildman–Crippen MR) is 191 cm³/mol. The Bertz CT molecular complexity index is 1930. The summed E-state index contributed by atoms with van der Waals surface area (Å²) in [5, 5.41) is 18.2. The highest BCUT2D eigenvalue weighted by molar-refractivity contribution is 6.04. The van der Waals surface area contributed by atoms with Crippen molar-refractivity contribution in [3.8, 4) is 12.1 Å². The number of nitrogens with zero attached hydrogens (tertiary/aromatic N) is 2. The van der Waals surface area contributed by atoms with Gasteiger partial charge in [-0.25, -0.2) is 0 Å². The van der Waals surface area contributed by atoms with Crippen LogP contribution in [0.1, 0.15) is 55.6 Å². The molecule has 6 rings (SSSR count). The molecule has 0 radical (unpaired) electrons. The molecule has 0 saturated heterocycles. The predicted octanol–water partition coefficient (Wildman–Crippen LogP) is 10.8. The van der Waals surface area contributed by atoms with E-state index in [1.165, 1.54) is 0 Å². The molecule has 0 spiro atoms. The zero-order chi connectivity index (χ0) is 31.6. The van der Waals surface area contributed by atoms with Gasteiger partial charge in [0.1, 0.15) is 0 Å². The fourth-order valence-corrected chi connectivity index (χ4v) is 5.36. The summed E-state index contributed by atoms with van der Waals surface area (Å²) in [6.07, 6.45) is 8.33. The third-order valence-electron chi connectivity index (χ3n) is 7.79. The van der Waals surface area contributed by atoms with Crippen LogP contribution in [0.15, 0.2) is 158 Å². The van der Waals surface area contributed by atoms with E-state index in [2.05, 4.69) is 146 Å². The molecule has 0 unspecified atom stereocenters. The van der Waals surface area contributed by atoms with E-state index in [1.54, 1.807) is 0 Å². The smallest absolute Gasteiger partial charge is 0.0991 e. The van der Waals surface area contributed by atoms with Gasteiger partial charge in [-0.3, -0.25) is 0 Å². The second-order valence-electron chi connectivity index (χ2n) is 10.9. The zero-order valence-electron chi connectivity index (χ0n) is 25.2. The Kier molecular flexibility index (Phi) is 9.22. The fourth-order valence-electron chi connectivity index (χ4n) is 5.36. The maximum Gasteiger partial charge on any atom is 0.0991 e. The monoisotopic (exact) mass is 586 g/mol. The van der Waals surface area contributed by atoms with Crippen molar-refractivity contribution in [1.29, 1.82) is 10.5 Å². The first-order valence-electron chi connectivity index (χ1n) is 15.1. The molecule has 6 aromatic rings. The summed E-state index contributed by atoms with van der Waals surface area (Å²) in [6, 6.07) is 58.0. The average molecular weight is 587 g/mol. The Labute approximate surface area is 270 Å².